The van der Waals surface area contributed by atoms with E-state index in [-0.39, 0.29) is 32.7 Å². The molecule has 0 bridgehead atoms. The summed E-state index contributed by atoms with van der Waals surface area (Å²) in [7, 11) is 0. The second kappa shape index (κ2) is 9.74. The van der Waals surface area contributed by atoms with Crippen molar-refractivity contribution in [3.8, 4) is 11.8 Å². The Kier molecular flexibility index (Phi) is 7.94. The third-order valence-corrected chi connectivity index (χ3v) is 7.81. The van der Waals surface area contributed by atoms with Gasteiger partial charge in [-0.15, -0.1) is 17.8 Å². The quantitative estimate of drug-likeness (QED) is 0.351. The summed E-state index contributed by atoms with van der Waals surface area (Å²) in [6.07, 6.45) is 21.5. The zero-order valence-electron chi connectivity index (χ0n) is 16.4. The molecular weight excluding hydrogens is 377 g/mol. The molecule has 1 radical (unpaired) electrons. The Balaban J connectivity index is 0.00000182. The Labute approximate surface area is 181 Å². The van der Waals surface area contributed by atoms with Crippen molar-refractivity contribution in [3.05, 3.63) is 6.42 Å². The summed E-state index contributed by atoms with van der Waals surface area (Å²) in [5.74, 6) is 13.9. The molecule has 0 amide bonds. The normalized spacial score (nSPS) is 42.0. The van der Waals surface area contributed by atoms with Gasteiger partial charge in [-0.2, -0.15) is 6.42 Å². The first kappa shape index (κ1) is 20.4. The topological polar surface area (TPSA) is 0 Å². The van der Waals surface area contributed by atoms with E-state index in [0.717, 1.165) is 35.5 Å². The molecule has 0 aromatic rings. The second-order valence-corrected chi connectivity index (χ2v) is 9.67. The smallest absolute Gasteiger partial charge is 0.0202 e. The van der Waals surface area contributed by atoms with Crippen molar-refractivity contribution in [1.82, 2.24) is 0 Å². The monoisotopic (exact) mass is 414 g/mol. The SMILES string of the molecule is CC1C[CH-]C(C#CC2CCC(C3CCC(C4CC4)CC3)CC2)CC1.[Y]. The summed E-state index contributed by atoms with van der Waals surface area (Å²) in [6.45, 7) is 2.37. The van der Waals surface area contributed by atoms with Gasteiger partial charge in [0.15, 0.2) is 0 Å². The van der Waals surface area contributed by atoms with Crippen molar-refractivity contribution in [2.75, 3.05) is 0 Å². The van der Waals surface area contributed by atoms with Crippen LogP contribution >= 0.6 is 0 Å². The molecular formula is C24H37Y-. The van der Waals surface area contributed by atoms with Gasteiger partial charge in [-0.3, -0.25) is 0 Å². The van der Waals surface area contributed by atoms with Gasteiger partial charge in [0.2, 0.25) is 0 Å². The van der Waals surface area contributed by atoms with Crippen LogP contribution in [0, 0.1) is 59.7 Å². The zero-order chi connectivity index (χ0) is 16.4. The van der Waals surface area contributed by atoms with Crippen LogP contribution in [0.4, 0.5) is 0 Å². The Morgan fingerprint density at radius 2 is 1.08 bits per heavy atom. The van der Waals surface area contributed by atoms with Crippen LogP contribution in [0.1, 0.15) is 90.4 Å². The molecule has 25 heavy (non-hydrogen) atoms. The Morgan fingerprint density at radius 3 is 1.52 bits per heavy atom. The van der Waals surface area contributed by atoms with Gasteiger partial charge in [0.1, 0.15) is 0 Å². The molecule has 0 aromatic carbocycles. The number of hydrogen-bond donors (Lipinski definition) is 0. The van der Waals surface area contributed by atoms with E-state index in [4.69, 9.17) is 0 Å². The molecule has 4 fully saturated rings. The Bertz CT molecular complexity index is 444. The summed E-state index contributed by atoms with van der Waals surface area (Å²) < 4.78 is 0. The van der Waals surface area contributed by atoms with E-state index in [1.165, 1.54) is 44.9 Å². The third kappa shape index (κ3) is 5.82. The Hall–Kier alpha value is 0.664. The van der Waals surface area contributed by atoms with E-state index >= 15 is 0 Å². The molecule has 2 unspecified atom stereocenters. The molecule has 2 atom stereocenters. The van der Waals surface area contributed by atoms with Crippen molar-refractivity contribution < 1.29 is 32.7 Å². The van der Waals surface area contributed by atoms with Gasteiger partial charge in [-0.25, -0.2) is 0 Å². The molecule has 0 aromatic heterocycles. The molecule has 4 rings (SSSR count). The zero-order valence-corrected chi connectivity index (χ0v) is 19.2. The molecule has 0 saturated heterocycles. The van der Waals surface area contributed by atoms with Crippen LogP contribution in [0.3, 0.4) is 0 Å². The van der Waals surface area contributed by atoms with Crippen molar-refractivity contribution in [1.29, 1.82) is 0 Å². The average Bonchev–Trinajstić information content (AvgIpc) is 3.47. The standard InChI is InChI=1S/C24H37.Y/c1-18-2-4-19(5-3-18)6-7-20-8-10-21(11-9-20)22-12-14-23(15-13-22)24-16-17-24;/h4,18-24H,2-3,5,8-17H2,1H3;/q-1;. The third-order valence-electron chi connectivity index (χ3n) is 7.81. The van der Waals surface area contributed by atoms with Crippen molar-refractivity contribution in [3.63, 3.8) is 0 Å². The second-order valence-electron chi connectivity index (χ2n) is 9.67. The van der Waals surface area contributed by atoms with Crippen molar-refractivity contribution in [2.24, 2.45) is 41.4 Å². The van der Waals surface area contributed by atoms with Crippen LogP contribution in [0.2, 0.25) is 0 Å². The van der Waals surface area contributed by atoms with Crippen molar-refractivity contribution in [2.45, 2.75) is 90.4 Å². The van der Waals surface area contributed by atoms with Crippen LogP contribution in [-0.4, -0.2) is 0 Å². The van der Waals surface area contributed by atoms with E-state index < -0.39 is 0 Å². The fraction of sp³-hybridized carbons (Fsp3) is 0.875. The summed E-state index contributed by atoms with van der Waals surface area (Å²) >= 11 is 0. The minimum atomic E-state index is 0. The molecule has 4 saturated carbocycles. The van der Waals surface area contributed by atoms with Gasteiger partial charge >= 0.3 is 0 Å². The van der Waals surface area contributed by atoms with E-state index in [9.17, 15) is 0 Å². The fourth-order valence-corrected chi connectivity index (χ4v) is 5.84. The molecule has 137 valence electrons. The van der Waals surface area contributed by atoms with Gasteiger partial charge in [0.25, 0.3) is 0 Å². The summed E-state index contributed by atoms with van der Waals surface area (Å²) in [4.78, 5) is 0. The van der Waals surface area contributed by atoms with Gasteiger partial charge in [0, 0.05) is 38.6 Å². The van der Waals surface area contributed by atoms with Crippen LogP contribution in [0.5, 0.6) is 0 Å². The summed E-state index contributed by atoms with van der Waals surface area (Å²) in [5.41, 5.74) is 0. The van der Waals surface area contributed by atoms with Crippen LogP contribution in [0.25, 0.3) is 0 Å². The predicted molar refractivity (Wildman–Crippen MR) is 102 cm³/mol. The van der Waals surface area contributed by atoms with E-state index in [0.29, 0.717) is 5.92 Å². The fourth-order valence-electron chi connectivity index (χ4n) is 5.84. The maximum Gasteiger partial charge on any atom is 0.0202 e. The maximum atomic E-state index is 3.68. The molecule has 0 spiro atoms. The number of hydrogen-bond acceptors (Lipinski definition) is 0. The van der Waals surface area contributed by atoms with Gasteiger partial charge in [0.05, 0.1) is 0 Å². The molecule has 4 aliphatic rings. The largest absolute Gasteiger partial charge is 0.314 e. The first-order valence-corrected chi connectivity index (χ1v) is 11.1. The molecule has 0 N–H and O–H groups in total. The molecule has 0 heterocycles. The van der Waals surface area contributed by atoms with Crippen LogP contribution in [-0.2, 0) is 32.7 Å². The minimum absolute atomic E-state index is 0. The van der Waals surface area contributed by atoms with E-state index in [2.05, 4.69) is 25.2 Å². The molecule has 0 aliphatic heterocycles. The minimum Gasteiger partial charge on any atom is -0.314 e. The van der Waals surface area contributed by atoms with E-state index in [1.807, 2.05) is 0 Å². The molecule has 4 aliphatic carbocycles. The number of rotatable bonds is 2. The van der Waals surface area contributed by atoms with Crippen LogP contribution in [0.15, 0.2) is 0 Å². The van der Waals surface area contributed by atoms with E-state index in [1.54, 1.807) is 38.5 Å². The van der Waals surface area contributed by atoms with Gasteiger partial charge < -0.3 is 6.42 Å². The van der Waals surface area contributed by atoms with Gasteiger partial charge in [-0.05, 0) is 87.9 Å². The summed E-state index contributed by atoms with van der Waals surface area (Å²) in [5, 5.41) is 0. The Morgan fingerprint density at radius 1 is 0.600 bits per heavy atom. The average molecular weight is 414 g/mol. The van der Waals surface area contributed by atoms with Crippen LogP contribution < -0.4 is 0 Å². The van der Waals surface area contributed by atoms with Crippen molar-refractivity contribution >= 4 is 0 Å². The summed E-state index contributed by atoms with van der Waals surface area (Å²) in [6, 6.07) is 0. The molecule has 1 heteroatoms. The first-order valence-electron chi connectivity index (χ1n) is 11.1. The first-order chi connectivity index (χ1) is 11.8. The maximum absolute atomic E-state index is 3.68. The van der Waals surface area contributed by atoms with Gasteiger partial charge in [-0.1, -0.05) is 25.7 Å². The predicted octanol–water partition coefficient (Wildman–Crippen LogP) is 6.65. The molecule has 0 nitrogen and oxygen atoms in total.